The molecular formula is C15H26N6O4. The van der Waals surface area contributed by atoms with E-state index in [0.29, 0.717) is 19.4 Å². The van der Waals surface area contributed by atoms with Crippen molar-refractivity contribution in [3.05, 3.63) is 17.8 Å². The Hall–Kier alpha value is -2.62. The molecule has 0 radical (unpaired) electrons. The van der Waals surface area contributed by atoms with Gasteiger partial charge in [0.25, 0.3) is 5.91 Å². The monoisotopic (exact) mass is 354 g/mol. The second kappa shape index (κ2) is 9.62. The summed E-state index contributed by atoms with van der Waals surface area (Å²) >= 11 is 0. The van der Waals surface area contributed by atoms with Crippen molar-refractivity contribution in [3.8, 4) is 0 Å². The van der Waals surface area contributed by atoms with Gasteiger partial charge in [-0.2, -0.15) is 0 Å². The normalized spacial score (nSPS) is 13.2. The topological polar surface area (TPSA) is 172 Å². The number of hydrogen-bond donors (Lipinski definition) is 4. The molecular weight excluding hydrogens is 328 g/mol. The third-order valence-electron chi connectivity index (χ3n) is 3.49. The van der Waals surface area contributed by atoms with Crippen molar-refractivity contribution in [2.75, 3.05) is 13.7 Å². The second-order valence-corrected chi connectivity index (χ2v) is 5.84. The highest BCUT2D eigenvalue weighted by Crippen LogP contribution is 2.18. The molecule has 1 aromatic heterocycles. The summed E-state index contributed by atoms with van der Waals surface area (Å²) in [6, 6.07) is -1.26. The van der Waals surface area contributed by atoms with E-state index in [0.717, 1.165) is 0 Å². The number of amides is 1. The number of guanidine groups is 1. The first-order valence-corrected chi connectivity index (χ1v) is 7.91. The van der Waals surface area contributed by atoms with Gasteiger partial charge >= 0.3 is 5.97 Å². The summed E-state index contributed by atoms with van der Waals surface area (Å²) in [4.78, 5) is 32.0. The first-order valence-electron chi connectivity index (χ1n) is 7.91. The third-order valence-corrected chi connectivity index (χ3v) is 3.49. The predicted molar refractivity (Wildman–Crippen MR) is 91.5 cm³/mol. The molecule has 0 saturated heterocycles. The van der Waals surface area contributed by atoms with Crippen LogP contribution in [0.5, 0.6) is 0 Å². The summed E-state index contributed by atoms with van der Waals surface area (Å²) in [5.41, 5.74) is 16.5. The summed E-state index contributed by atoms with van der Waals surface area (Å²) in [6.07, 6.45) is 2.01. The SMILES string of the molecule is COC(=O)C(CCCN=C(N)N)NC(=O)c1coc(C(N)C(C)C)n1. The number of rotatable bonds is 9. The molecule has 10 heteroatoms. The highest BCUT2D eigenvalue weighted by atomic mass is 16.5. The molecule has 0 aliphatic heterocycles. The Labute approximate surface area is 146 Å². The fourth-order valence-corrected chi connectivity index (χ4v) is 1.96. The maximum Gasteiger partial charge on any atom is 0.328 e. The van der Waals surface area contributed by atoms with E-state index in [4.69, 9.17) is 26.4 Å². The summed E-state index contributed by atoms with van der Waals surface area (Å²) in [6.45, 7) is 4.17. The van der Waals surface area contributed by atoms with Gasteiger partial charge in [0, 0.05) is 6.54 Å². The minimum absolute atomic E-state index is 0.0322. The van der Waals surface area contributed by atoms with Crippen LogP contribution in [0.4, 0.5) is 0 Å². The minimum Gasteiger partial charge on any atom is -0.467 e. The highest BCUT2D eigenvalue weighted by molar-refractivity contribution is 5.94. The summed E-state index contributed by atoms with van der Waals surface area (Å²) in [5, 5.41) is 2.57. The van der Waals surface area contributed by atoms with Crippen LogP contribution in [-0.2, 0) is 9.53 Å². The maximum atomic E-state index is 12.3. The molecule has 0 fully saturated rings. The van der Waals surface area contributed by atoms with Gasteiger partial charge in [0.05, 0.1) is 13.2 Å². The van der Waals surface area contributed by atoms with E-state index in [1.54, 1.807) is 0 Å². The van der Waals surface area contributed by atoms with Gasteiger partial charge in [0.1, 0.15) is 12.3 Å². The van der Waals surface area contributed by atoms with Gasteiger partial charge in [-0.15, -0.1) is 0 Å². The largest absolute Gasteiger partial charge is 0.467 e. The number of nitrogens with one attached hydrogen (secondary N) is 1. The van der Waals surface area contributed by atoms with Crippen LogP contribution in [-0.4, -0.2) is 42.5 Å². The number of aliphatic imine (C=N–C) groups is 1. The van der Waals surface area contributed by atoms with Crippen molar-refractivity contribution in [2.24, 2.45) is 28.1 Å². The lowest BCUT2D eigenvalue weighted by Crippen LogP contribution is -2.41. The van der Waals surface area contributed by atoms with Crippen LogP contribution in [0.3, 0.4) is 0 Å². The molecule has 140 valence electrons. The Morgan fingerprint density at radius 1 is 1.40 bits per heavy atom. The minimum atomic E-state index is -0.842. The first kappa shape index (κ1) is 20.4. The van der Waals surface area contributed by atoms with Crippen LogP contribution in [0.25, 0.3) is 0 Å². The number of ether oxygens (including phenoxy) is 1. The van der Waals surface area contributed by atoms with Crippen molar-refractivity contribution in [2.45, 2.75) is 38.8 Å². The van der Waals surface area contributed by atoms with Crippen LogP contribution >= 0.6 is 0 Å². The molecule has 0 saturated carbocycles. The number of methoxy groups -OCH3 is 1. The maximum absolute atomic E-state index is 12.3. The number of hydrogen-bond acceptors (Lipinski definition) is 7. The fourth-order valence-electron chi connectivity index (χ4n) is 1.96. The molecule has 0 bridgehead atoms. The Bertz CT molecular complexity index is 609. The van der Waals surface area contributed by atoms with Crippen LogP contribution in [0.2, 0.25) is 0 Å². The smallest absolute Gasteiger partial charge is 0.328 e. The highest BCUT2D eigenvalue weighted by Gasteiger charge is 2.24. The van der Waals surface area contributed by atoms with E-state index in [9.17, 15) is 9.59 Å². The Balaban J connectivity index is 2.71. The summed E-state index contributed by atoms with van der Waals surface area (Å²) in [5.74, 6) is -0.783. The predicted octanol–water partition coefficient (Wildman–Crippen LogP) is -0.345. The summed E-state index contributed by atoms with van der Waals surface area (Å²) in [7, 11) is 1.24. The number of nitrogens with two attached hydrogens (primary N) is 3. The lowest BCUT2D eigenvalue weighted by molar-refractivity contribution is -0.143. The molecule has 1 rings (SSSR count). The molecule has 0 spiro atoms. The Morgan fingerprint density at radius 3 is 2.64 bits per heavy atom. The van der Waals surface area contributed by atoms with Crippen LogP contribution in [0.15, 0.2) is 15.7 Å². The van der Waals surface area contributed by atoms with Crippen molar-refractivity contribution in [1.82, 2.24) is 10.3 Å². The molecule has 2 atom stereocenters. The van der Waals surface area contributed by atoms with Crippen LogP contribution in [0, 0.1) is 5.92 Å². The lowest BCUT2D eigenvalue weighted by Gasteiger charge is -2.15. The number of aromatic nitrogens is 1. The van der Waals surface area contributed by atoms with Crippen LogP contribution in [0.1, 0.15) is 49.1 Å². The van der Waals surface area contributed by atoms with E-state index >= 15 is 0 Å². The van der Waals surface area contributed by atoms with E-state index in [2.05, 4.69) is 15.3 Å². The van der Waals surface area contributed by atoms with Gasteiger partial charge in [-0.25, -0.2) is 9.78 Å². The van der Waals surface area contributed by atoms with Crippen molar-refractivity contribution < 1.29 is 18.7 Å². The van der Waals surface area contributed by atoms with Gasteiger partial charge in [0.15, 0.2) is 11.7 Å². The number of esters is 1. The van der Waals surface area contributed by atoms with Crippen molar-refractivity contribution in [1.29, 1.82) is 0 Å². The van der Waals surface area contributed by atoms with Gasteiger partial charge in [-0.3, -0.25) is 9.79 Å². The van der Waals surface area contributed by atoms with Crippen molar-refractivity contribution in [3.63, 3.8) is 0 Å². The Morgan fingerprint density at radius 2 is 2.08 bits per heavy atom. The van der Waals surface area contributed by atoms with Crippen LogP contribution < -0.4 is 22.5 Å². The number of oxazole rings is 1. The first-order chi connectivity index (χ1) is 11.8. The van der Waals surface area contributed by atoms with E-state index in [1.165, 1.54) is 13.4 Å². The lowest BCUT2D eigenvalue weighted by atomic mass is 10.1. The van der Waals surface area contributed by atoms with Gasteiger partial charge in [-0.1, -0.05) is 13.8 Å². The quantitative estimate of drug-likeness (QED) is 0.202. The molecule has 2 unspecified atom stereocenters. The van der Waals surface area contributed by atoms with Gasteiger partial charge in [-0.05, 0) is 18.8 Å². The molecule has 25 heavy (non-hydrogen) atoms. The zero-order valence-corrected chi connectivity index (χ0v) is 14.7. The standard InChI is InChI=1S/C15H26N6O4/c1-8(2)11(16)13-21-10(7-25-13)12(22)20-9(14(23)24-3)5-4-6-19-15(17)18/h7-9,11H,4-6,16H2,1-3H3,(H,20,22)(H4,17,18,19). The van der Waals surface area contributed by atoms with E-state index in [1.807, 2.05) is 13.8 Å². The molecule has 10 nitrogen and oxygen atoms in total. The Kier molecular flexibility index (Phi) is 7.86. The molecule has 1 aromatic rings. The molecule has 0 aromatic carbocycles. The second-order valence-electron chi connectivity index (χ2n) is 5.84. The van der Waals surface area contributed by atoms with E-state index < -0.39 is 24.0 Å². The average Bonchev–Trinajstić information content (AvgIpc) is 3.05. The number of nitrogens with zero attached hydrogens (tertiary/aromatic N) is 2. The summed E-state index contributed by atoms with van der Waals surface area (Å²) < 4.78 is 9.94. The number of carbonyl (C=O) groups excluding carboxylic acids is 2. The average molecular weight is 354 g/mol. The molecule has 1 amide bonds. The fraction of sp³-hybridized carbons (Fsp3) is 0.600. The zero-order valence-electron chi connectivity index (χ0n) is 14.7. The molecule has 7 N–H and O–H groups in total. The van der Waals surface area contributed by atoms with E-state index in [-0.39, 0.29) is 23.5 Å². The molecule has 0 aliphatic carbocycles. The molecule has 1 heterocycles. The number of carbonyl (C=O) groups is 2. The van der Waals surface area contributed by atoms with Crippen molar-refractivity contribution >= 4 is 17.8 Å². The zero-order chi connectivity index (χ0) is 19.0. The molecule has 0 aliphatic rings. The van der Waals surface area contributed by atoms with Gasteiger partial charge < -0.3 is 31.7 Å². The third kappa shape index (κ3) is 6.42. The van der Waals surface area contributed by atoms with Gasteiger partial charge in [0.2, 0.25) is 5.89 Å².